The molecular weight excluding hydrogens is 262 g/mol. The molecule has 0 aromatic carbocycles. The van der Waals surface area contributed by atoms with Gasteiger partial charge in [-0.25, -0.2) is 8.42 Å². The second-order valence-corrected chi connectivity index (χ2v) is 7.21. The van der Waals surface area contributed by atoms with E-state index in [0.717, 1.165) is 25.7 Å². The molecule has 0 radical (unpaired) electrons. The molecule has 1 aliphatic rings. The molecule has 0 bridgehead atoms. The molecule has 0 atom stereocenters. The van der Waals surface area contributed by atoms with Crippen LogP contribution < -0.4 is 0 Å². The maximum absolute atomic E-state index is 12.7. The summed E-state index contributed by atoms with van der Waals surface area (Å²) < 4.78 is 28.5. The summed E-state index contributed by atoms with van der Waals surface area (Å²) in [4.78, 5) is 0.349. The molecule has 0 saturated heterocycles. The van der Waals surface area contributed by atoms with Gasteiger partial charge in [0.05, 0.1) is 5.69 Å². The molecule has 1 heterocycles. The molecule has 6 heteroatoms. The van der Waals surface area contributed by atoms with Gasteiger partial charge in [-0.05, 0) is 26.7 Å². The Labute approximate surface area is 115 Å². The van der Waals surface area contributed by atoms with E-state index in [4.69, 9.17) is 0 Å². The highest BCUT2D eigenvalue weighted by Gasteiger charge is 2.31. The minimum atomic E-state index is -3.41. The van der Waals surface area contributed by atoms with E-state index in [-0.39, 0.29) is 6.04 Å². The van der Waals surface area contributed by atoms with Crippen molar-refractivity contribution in [3.63, 3.8) is 0 Å². The van der Waals surface area contributed by atoms with Crippen molar-refractivity contribution in [2.75, 3.05) is 7.05 Å². The van der Waals surface area contributed by atoms with E-state index in [9.17, 15) is 8.42 Å². The molecule has 0 N–H and O–H groups in total. The highest BCUT2D eigenvalue weighted by atomic mass is 32.2. The van der Waals surface area contributed by atoms with Gasteiger partial charge in [-0.3, -0.25) is 4.68 Å². The van der Waals surface area contributed by atoms with E-state index < -0.39 is 10.0 Å². The molecule has 0 amide bonds. The molecule has 0 spiro atoms. The maximum atomic E-state index is 12.7. The minimum Gasteiger partial charge on any atom is -0.271 e. The zero-order chi connectivity index (χ0) is 14.0. The van der Waals surface area contributed by atoms with Crippen LogP contribution in [-0.2, 0) is 16.6 Å². The predicted molar refractivity (Wildman–Crippen MR) is 74.5 cm³/mol. The van der Waals surface area contributed by atoms with Gasteiger partial charge in [-0.1, -0.05) is 19.3 Å². The van der Waals surface area contributed by atoms with E-state index in [1.54, 1.807) is 29.2 Å². The third-order valence-corrected chi connectivity index (χ3v) is 5.98. The van der Waals surface area contributed by atoms with Gasteiger partial charge in [0.1, 0.15) is 4.90 Å². The SMILES string of the molecule is CCn1cc(S(=O)(=O)N(C)C2CCCCC2)c(C)n1. The van der Waals surface area contributed by atoms with Gasteiger partial charge in [0.2, 0.25) is 10.0 Å². The van der Waals surface area contributed by atoms with Crippen molar-refractivity contribution < 1.29 is 8.42 Å². The van der Waals surface area contributed by atoms with Crippen molar-refractivity contribution >= 4 is 10.0 Å². The first-order valence-corrected chi connectivity index (χ1v) is 8.43. The quantitative estimate of drug-likeness (QED) is 0.852. The van der Waals surface area contributed by atoms with Crippen LogP contribution in [0.4, 0.5) is 0 Å². The van der Waals surface area contributed by atoms with Gasteiger partial charge in [0.25, 0.3) is 0 Å². The summed E-state index contributed by atoms with van der Waals surface area (Å²) in [6, 6.07) is 0.142. The summed E-state index contributed by atoms with van der Waals surface area (Å²) >= 11 is 0. The first-order valence-electron chi connectivity index (χ1n) is 6.99. The Hall–Kier alpha value is -0.880. The number of rotatable bonds is 4. The summed E-state index contributed by atoms with van der Waals surface area (Å²) in [5.74, 6) is 0. The van der Waals surface area contributed by atoms with Crippen LogP contribution in [-0.4, -0.2) is 35.6 Å². The third kappa shape index (κ3) is 2.84. The largest absolute Gasteiger partial charge is 0.271 e. The Bertz CT molecular complexity index is 530. The zero-order valence-corrected chi connectivity index (χ0v) is 12.8. The fourth-order valence-corrected chi connectivity index (χ4v) is 4.29. The van der Waals surface area contributed by atoms with Crippen LogP contribution in [0.2, 0.25) is 0 Å². The van der Waals surface area contributed by atoms with Gasteiger partial charge in [-0.2, -0.15) is 9.40 Å². The van der Waals surface area contributed by atoms with Crippen LogP contribution in [0.15, 0.2) is 11.1 Å². The average Bonchev–Trinajstić information content (AvgIpc) is 2.81. The molecular formula is C13H23N3O2S. The molecule has 2 rings (SSSR count). The monoisotopic (exact) mass is 285 g/mol. The standard InChI is InChI=1S/C13H23N3O2S/c1-4-16-10-13(11(2)14-16)19(17,18)15(3)12-8-6-5-7-9-12/h10,12H,4-9H2,1-3H3. The fourth-order valence-electron chi connectivity index (χ4n) is 2.71. The van der Waals surface area contributed by atoms with E-state index in [0.29, 0.717) is 17.1 Å². The first kappa shape index (κ1) is 14.5. The van der Waals surface area contributed by atoms with Crippen LogP contribution in [0.1, 0.15) is 44.7 Å². The van der Waals surface area contributed by atoms with Crippen molar-refractivity contribution in [2.24, 2.45) is 0 Å². The third-order valence-electron chi connectivity index (χ3n) is 3.97. The number of aryl methyl sites for hydroxylation is 2. The Morgan fingerprint density at radius 2 is 2.00 bits per heavy atom. The molecule has 0 unspecified atom stereocenters. The molecule has 108 valence electrons. The molecule has 1 aromatic rings. The topological polar surface area (TPSA) is 55.2 Å². The first-order chi connectivity index (χ1) is 8.96. The number of sulfonamides is 1. The van der Waals surface area contributed by atoms with Crippen molar-refractivity contribution in [1.29, 1.82) is 0 Å². The molecule has 1 saturated carbocycles. The fraction of sp³-hybridized carbons (Fsp3) is 0.769. The molecule has 1 aromatic heterocycles. The number of nitrogens with zero attached hydrogens (tertiary/aromatic N) is 3. The smallest absolute Gasteiger partial charge is 0.246 e. The summed E-state index contributed by atoms with van der Waals surface area (Å²) in [5, 5.41) is 4.23. The summed E-state index contributed by atoms with van der Waals surface area (Å²) in [6.07, 6.45) is 7.05. The molecule has 0 aliphatic heterocycles. The summed E-state index contributed by atoms with van der Waals surface area (Å²) in [6.45, 7) is 4.39. The number of hydrogen-bond acceptors (Lipinski definition) is 3. The van der Waals surface area contributed by atoms with Crippen molar-refractivity contribution in [2.45, 2.75) is 63.4 Å². The molecule has 5 nitrogen and oxygen atoms in total. The summed E-state index contributed by atoms with van der Waals surface area (Å²) in [5.41, 5.74) is 0.588. The van der Waals surface area contributed by atoms with Gasteiger partial charge in [-0.15, -0.1) is 0 Å². The van der Waals surface area contributed by atoms with E-state index in [1.165, 1.54) is 6.42 Å². The zero-order valence-electron chi connectivity index (χ0n) is 12.0. The van der Waals surface area contributed by atoms with E-state index in [1.807, 2.05) is 6.92 Å². The lowest BCUT2D eigenvalue weighted by molar-refractivity contribution is 0.285. The molecule has 1 aliphatic carbocycles. The lowest BCUT2D eigenvalue weighted by atomic mass is 9.96. The number of hydrogen-bond donors (Lipinski definition) is 0. The van der Waals surface area contributed by atoms with Crippen molar-refractivity contribution in [3.05, 3.63) is 11.9 Å². The Morgan fingerprint density at radius 1 is 1.37 bits per heavy atom. The van der Waals surface area contributed by atoms with Crippen LogP contribution >= 0.6 is 0 Å². The minimum absolute atomic E-state index is 0.142. The van der Waals surface area contributed by atoms with Crippen LogP contribution in [0.5, 0.6) is 0 Å². The van der Waals surface area contributed by atoms with Gasteiger partial charge < -0.3 is 0 Å². The Morgan fingerprint density at radius 3 is 2.53 bits per heavy atom. The highest BCUT2D eigenvalue weighted by molar-refractivity contribution is 7.89. The average molecular weight is 285 g/mol. The van der Waals surface area contributed by atoms with Crippen molar-refractivity contribution in [1.82, 2.24) is 14.1 Å². The normalized spacial score (nSPS) is 18.1. The lowest BCUT2D eigenvalue weighted by Crippen LogP contribution is -2.38. The Kier molecular flexibility index (Phi) is 4.30. The van der Waals surface area contributed by atoms with Crippen LogP contribution in [0.3, 0.4) is 0 Å². The predicted octanol–water partition coefficient (Wildman–Crippen LogP) is 2.16. The highest BCUT2D eigenvalue weighted by Crippen LogP contribution is 2.27. The second kappa shape index (κ2) is 5.63. The van der Waals surface area contributed by atoms with Gasteiger partial charge in [0.15, 0.2) is 0 Å². The number of aromatic nitrogens is 2. The van der Waals surface area contributed by atoms with Gasteiger partial charge >= 0.3 is 0 Å². The maximum Gasteiger partial charge on any atom is 0.246 e. The summed E-state index contributed by atoms with van der Waals surface area (Å²) in [7, 11) is -1.71. The molecule has 1 fully saturated rings. The van der Waals surface area contributed by atoms with Crippen LogP contribution in [0, 0.1) is 6.92 Å². The lowest BCUT2D eigenvalue weighted by Gasteiger charge is -2.30. The van der Waals surface area contributed by atoms with Crippen molar-refractivity contribution in [3.8, 4) is 0 Å². The second-order valence-electron chi connectivity index (χ2n) is 5.25. The Balaban J connectivity index is 2.27. The van der Waals surface area contributed by atoms with E-state index >= 15 is 0 Å². The van der Waals surface area contributed by atoms with Gasteiger partial charge in [0, 0.05) is 25.8 Å². The van der Waals surface area contributed by atoms with Crippen LogP contribution in [0.25, 0.3) is 0 Å². The van der Waals surface area contributed by atoms with E-state index in [2.05, 4.69) is 5.10 Å². The molecule has 19 heavy (non-hydrogen) atoms.